The van der Waals surface area contributed by atoms with Crippen LogP contribution in [-0.4, -0.2) is 84.5 Å². The van der Waals surface area contributed by atoms with E-state index < -0.39 is 53.3 Å². The number of esters is 2. The average Bonchev–Trinajstić information content (AvgIpc) is 3.30. The number of ether oxygens (including phenoxy) is 4. The summed E-state index contributed by atoms with van der Waals surface area (Å²) in [7, 11) is 3.50. The van der Waals surface area contributed by atoms with E-state index in [0.29, 0.717) is 49.5 Å². The number of likely N-dealkylation sites (tertiary alicyclic amines) is 1. The number of carbonyl (C=O) groups is 4. The highest BCUT2D eigenvalue weighted by atomic mass is 16.6. The SMILES string of the molecule is COc1ccc2c3c1OC1C(OC(=O)C(C)OC(=O)[C@H](C)NC(=O)[C@H](CC(C)C)NC(C)=O)=CCC4C31CCN(C)C4(O)C2. The molecule has 2 amide bonds. The first-order chi connectivity index (χ1) is 20.7. The highest BCUT2D eigenvalue weighted by Crippen LogP contribution is 2.65. The number of nitrogens with one attached hydrogen (secondary N) is 2. The summed E-state index contributed by atoms with van der Waals surface area (Å²) in [6.07, 6.45) is 1.81. The van der Waals surface area contributed by atoms with E-state index in [2.05, 4.69) is 10.6 Å². The smallest absolute Gasteiger partial charge is 0.352 e. The highest BCUT2D eigenvalue weighted by molar-refractivity contribution is 5.90. The molecule has 5 unspecified atom stereocenters. The van der Waals surface area contributed by atoms with Gasteiger partial charge in [-0.05, 0) is 63.8 Å². The number of methoxy groups -OCH3 is 1. The van der Waals surface area contributed by atoms with Crippen molar-refractivity contribution in [2.24, 2.45) is 11.8 Å². The average molecular weight is 614 g/mol. The maximum Gasteiger partial charge on any atom is 0.352 e. The Morgan fingerprint density at radius 3 is 2.52 bits per heavy atom. The number of amides is 2. The van der Waals surface area contributed by atoms with Crippen molar-refractivity contribution in [1.82, 2.24) is 15.5 Å². The van der Waals surface area contributed by atoms with Crippen molar-refractivity contribution in [3.05, 3.63) is 35.1 Å². The molecule has 1 saturated heterocycles. The van der Waals surface area contributed by atoms with Gasteiger partial charge in [0.25, 0.3) is 0 Å². The van der Waals surface area contributed by atoms with Crippen LogP contribution in [0.1, 0.15) is 65.0 Å². The first-order valence-corrected chi connectivity index (χ1v) is 15.2. The first kappa shape index (κ1) is 31.8. The molecule has 2 bridgehead atoms. The maximum atomic E-state index is 13.3. The second-order valence-electron chi connectivity index (χ2n) is 12.9. The molecule has 0 aromatic heterocycles. The Balaban J connectivity index is 1.29. The second-order valence-corrected chi connectivity index (χ2v) is 12.9. The molecule has 240 valence electrons. The van der Waals surface area contributed by atoms with Gasteiger partial charge < -0.3 is 34.7 Å². The molecule has 1 fully saturated rings. The Morgan fingerprint density at radius 2 is 1.86 bits per heavy atom. The lowest BCUT2D eigenvalue weighted by atomic mass is 9.51. The normalized spacial score (nSPS) is 28.4. The minimum Gasteiger partial charge on any atom is -0.493 e. The molecule has 3 N–H and O–H groups in total. The summed E-state index contributed by atoms with van der Waals surface area (Å²) in [5.41, 5.74) is 0.272. The summed E-state index contributed by atoms with van der Waals surface area (Å²) < 4.78 is 23.4. The van der Waals surface area contributed by atoms with Gasteiger partial charge >= 0.3 is 11.9 Å². The molecule has 7 atom stereocenters. The van der Waals surface area contributed by atoms with Crippen molar-refractivity contribution in [2.45, 2.75) is 95.7 Å². The zero-order chi connectivity index (χ0) is 32.1. The fraction of sp³-hybridized carbons (Fsp3) is 0.625. The molecule has 2 aliphatic carbocycles. The van der Waals surface area contributed by atoms with Crippen molar-refractivity contribution in [3.8, 4) is 11.5 Å². The quantitative estimate of drug-likeness (QED) is 0.333. The third-order valence-corrected chi connectivity index (χ3v) is 9.52. The van der Waals surface area contributed by atoms with Gasteiger partial charge in [0.05, 0.1) is 12.5 Å². The van der Waals surface area contributed by atoms with Crippen LogP contribution in [0.25, 0.3) is 0 Å². The lowest BCUT2D eigenvalue weighted by molar-refractivity contribution is -0.205. The molecule has 1 spiro atoms. The van der Waals surface area contributed by atoms with Gasteiger partial charge in [0.1, 0.15) is 23.6 Å². The van der Waals surface area contributed by atoms with Gasteiger partial charge in [0.15, 0.2) is 23.7 Å². The Labute approximate surface area is 257 Å². The number of nitrogens with zero attached hydrogens (tertiary/aromatic N) is 1. The van der Waals surface area contributed by atoms with Gasteiger partial charge in [0.2, 0.25) is 11.8 Å². The highest BCUT2D eigenvalue weighted by Gasteiger charge is 2.69. The van der Waals surface area contributed by atoms with Crippen LogP contribution < -0.4 is 20.1 Å². The number of rotatable bonds is 10. The number of benzene rings is 1. The summed E-state index contributed by atoms with van der Waals surface area (Å²) in [6.45, 7) is 8.63. The molecule has 44 heavy (non-hydrogen) atoms. The number of hydrogen-bond donors (Lipinski definition) is 3. The van der Waals surface area contributed by atoms with Gasteiger partial charge in [-0.3, -0.25) is 14.5 Å². The van der Waals surface area contributed by atoms with Crippen LogP contribution in [0.3, 0.4) is 0 Å². The number of allylic oxidation sites excluding steroid dienone is 1. The zero-order valence-electron chi connectivity index (χ0n) is 26.4. The molecular formula is C32H43N3O9. The third kappa shape index (κ3) is 5.21. The molecule has 0 saturated carbocycles. The van der Waals surface area contributed by atoms with E-state index in [4.69, 9.17) is 18.9 Å². The van der Waals surface area contributed by atoms with Crippen molar-refractivity contribution >= 4 is 23.8 Å². The standard InChI is InChI=1S/C32H43N3O9/c1-16(2)14-21(34-19(5)36)28(37)33-17(3)29(38)42-18(4)30(39)43-23-10-11-24-31-12-13-35(6)32(24,40)15-20-8-9-22(41-7)26(25(20)31)44-27(23)31/h8-10,16-18,21,24,27,40H,11-15H2,1-7H3,(H,33,37)(H,34,36)/t17-,18?,21-,24?,27?,31?,32?/m0/s1. The molecule has 0 radical (unpaired) electrons. The fourth-order valence-electron chi connectivity index (χ4n) is 7.44. The van der Waals surface area contributed by atoms with Gasteiger partial charge in [-0.1, -0.05) is 19.9 Å². The van der Waals surface area contributed by atoms with Crippen LogP contribution in [0.2, 0.25) is 0 Å². The second kappa shape index (κ2) is 11.7. The van der Waals surface area contributed by atoms with Crippen LogP contribution in [0.15, 0.2) is 24.0 Å². The van der Waals surface area contributed by atoms with Crippen LogP contribution >= 0.6 is 0 Å². The third-order valence-electron chi connectivity index (χ3n) is 9.52. The Kier molecular flexibility index (Phi) is 8.45. The molecular weight excluding hydrogens is 570 g/mol. The summed E-state index contributed by atoms with van der Waals surface area (Å²) >= 11 is 0. The minimum absolute atomic E-state index is 0.125. The predicted molar refractivity (Wildman–Crippen MR) is 157 cm³/mol. The molecule has 2 aliphatic heterocycles. The number of carbonyl (C=O) groups excluding carboxylic acids is 4. The predicted octanol–water partition coefficient (Wildman–Crippen LogP) is 1.71. The summed E-state index contributed by atoms with van der Waals surface area (Å²) in [4.78, 5) is 52.4. The largest absolute Gasteiger partial charge is 0.493 e. The topological polar surface area (TPSA) is 153 Å². The Hall–Kier alpha value is -3.64. The van der Waals surface area contributed by atoms with Gasteiger partial charge in [-0.15, -0.1) is 0 Å². The zero-order valence-corrected chi connectivity index (χ0v) is 26.4. The molecule has 12 heteroatoms. The van der Waals surface area contributed by atoms with Crippen molar-refractivity contribution in [3.63, 3.8) is 0 Å². The van der Waals surface area contributed by atoms with E-state index in [1.165, 1.54) is 20.8 Å². The van der Waals surface area contributed by atoms with E-state index in [1.54, 1.807) is 13.2 Å². The number of likely N-dealkylation sites (N-methyl/N-ethyl adjacent to an activating group) is 1. The van der Waals surface area contributed by atoms with Gasteiger partial charge in [-0.25, -0.2) is 9.59 Å². The molecule has 5 rings (SSSR count). The minimum atomic E-state index is -1.28. The fourth-order valence-corrected chi connectivity index (χ4v) is 7.44. The van der Waals surface area contributed by atoms with Crippen LogP contribution in [-0.2, 0) is 40.5 Å². The van der Waals surface area contributed by atoms with Gasteiger partial charge in [0, 0.05) is 31.4 Å². The van der Waals surface area contributed by atoms with Crippen molar-refractivity contribution < 1.29 is 43.2 Å². The van der Waals surface area contributed by atoms with E-state index in [0.717, 1.165) is 11.1 Å². The van der Waals surface area contributed by atoms with Crippen molar-refractivity contribution in [1.29, 1.82) is 0 Å². The van der Waals surface area contributed by atoms with Crippen molar-refractivity contribution in [2.75, 3.05) is 20.7 Å². The molecule has 12 nitrogen and oxygen atoms in total. The number of piperidine rings is 1. The first-order valence-electron chi connectivity index (χ1n) is 15.2. The lowest BCUT2D eigenvalue weighted by Crippen LogP contribution is -2.70. The van der Waals surface area contributed by atoms with E-state index in [9.17, 15) is 24.3 Å². The van der Waals surface area contributed by atoms with Crippen LogP contribution in [0.4, 0.5) is 0 Å². The number of aliphatic hydroxyl groups is 1. The number of hydrogen-bond acceptors (Lipinski definition) is 10. The lowest BCUT2D eigenvalue weighted by Gasteiger charge is -2.60. The van der Waals surface area contributed by atoms with E-state index in [1.807, 2.05) is 37.9 Å². The Morgan fingerprint density at radius 1 is 1.14 bits per heavy atom. The molecule has 4 aliphatic rings. The summed E-state index contributed by atoms with van der Waals surface area (Å²) in [6, 6.07) is 1.92. The van der Waals surface area contributed by atoms with Gasteiger partial charge in [-0.2, -0.15) is 0 Å². The molecule has 1 aromatic rings. The van der Waals surface area contributed by atoms with Crippen LogP contribution in [0.5, 0.6) is 11.5 Å². The summed E-state index contributed by atoms with van der Waals surface area (Å²) in [5.74, 6) is -1.07. The maximum absolute atomic E-state index is 13.3. The summed E-state index contributed by atoms with van der Waals surface area (Å²) in [5, 5.41) is 17.1. The molecule has 1 aromatic carbocycles. The van der Waals surface area contributed by atoms with Crippen LogP contribution in [0, 0.1) is 11.8 Å². The van der Waals surface area contributed by atoms with E-state index >= 15 is 0 Å². The molecule has 2 heterocycles. The Bertz CT molecular complexity index is 1390. The monoisotopic (exact) mass is 613 g/mol. The van der Waals surface area contributed by atoms with E-state index in [-0.39, 0.29) is 17.7 Å².